The predicted molar refractivity (Wildman–Crippen MR) is 53.5 cm³/mol. The molecule has 1 aliphatic heterocycles. The zero-order chi connectivity index (χ0) is 10.8. The molecule has 0 aromatic rings. The van der Waals surface area contributed by atoms with Crippen LogP contribution in [0.25, 0.3) is 0 Å². The topological polar surface area (TPSA) is 77.8 Å². The zero-order valence-corrected chi connectivity index (χ0v) is 11.7. The molecular weight excluding hydrogens is 287 g/mol. The maximum absolute atomic E-state index is 11.0. The van der Waals surface area contributed by atoms with Gasteiger partial charge in [-0.3, -0.25) is 0 Å². The summed E-state index contributed by atoms with van der Waals surface area (Å²) in [6, 6.07) is 0. The van der Waals surface area contributed by atoms with Crippen LogP contribution in [-0.4, -0.2) is 52.7 Å². The van der Waals surface area contributed by atoms with E-state index in [1.54, 1.807) is 0 Å². The molecule has 1 aliphatic rings. The van der Waals surface area contributed by atoms with Gasteiger partial charge in [0.05, 0.1) is 0 Å². The van der Waals surface area contributed by atoms with Crippen molar-refractivity contribution in [3.05, 3.63) is 0 Å². The van der Waals surface area contributed by atoms with Crippen molar-refractivity contribution in [1.82, 2.24) is 0 Å². The molecule has 1 rings (SSSR count). The molecule has 0 bridgehead atoms. The zero-order valence-electron chi connectivity index (χ0n) is 8.44. The van der Waals surface area contributed by atoms with Gasteiger partial charge in [-0.1, -0.05) is 0 Å². The Morgan fingerprint density at radius 1 is 1.64 bits per heavy atom. The van der Waals surface area contributed by atoms with Crippen molar-refractivity contribution in [1.29, 1.82) is 0 Å². The minimum atomic E-state index is -2.54. The van der Waals surface area contributed by atoms with Crippen molar-refractivity contribution in [2.24, 2.45) is 0 Å². The number of carboxylic acids is 1. The summed E-state index contributed by atoms with van der Waals surface area (Å²) < 4.78 is -0.374. The summed E-state index contributed by atoms with van der Waals surface area (Å²) in [7, 11) is 0. The van der Waals surface area contributed by atoms with E-state index >= 15 is 0 Å². The number of aliphatic hydroxyl groups is 2. The maximum atomic E-state index is 11.0. The average Bonchev–Trinajstić information content (AvgIpc) is 2.50. The van der Waals surface area contributed by atoms with Crippen molar-refractivity contribution in [3.63, 3.8) is 0 Å². The van der Waals surface area contributed by atoms with Gasteiger partial charge in [0.15, 0.2) is 0 Å². The molecule has 0 amide bonds. The fourth-order valence-electron chi connectivity index (χ4n) is 2.49. The Hall–Kier alpha value is 0.260. The summed E-state index contributed by atoms with van der Waals surface area (Å²) in [4.78, 5) is 11.0. The second-order valence-corrected chi connectivity index (χ2v) is 14.6. The fourth-order valence-corrected chi connectivity index (χ4v) is 14.1. The van der Waals surface area contributed by atoms with E-state index in [-0.39, 0.29) is 10.3 Å². The minimum absolute atomic E-state index is 0.239. The molecule has 0 radical (unpaired) electrons. The summed E-state index contributed by atoms with van der Waals surface area (Å²) in [6.07, 6.45) is 2.09. The Morgan fingerprint density at radius 2 is 2.29 bits per heavy atom. The molecule has 5 heteroatoms. The number of aliphatic carboxylic acids is 1. The molecule has 0 aliphatic carbocycles. The second kappa shape index (κ2) is 4.86. The van der Waals surface area contributed by atoms with Crippen molar-refractivity contribution in [3.8, 4) is 0 Å². The van der Waals surface area contributed by atoms with Crippen LogP contribution in [-0.2, 0) is 4.79 Å². The molecule has 0 spiro atoms. The van der Waals surface area contributed by atoms with Crippen LogP contribution < -0.4 is 0 Å². The van der Waals surface area contributed by atoms with Gasteiger partial charge in [-0.25, -0.2) is 0 Å². The number of hydrogen-bond acceptors (Lipinski definition) is 3. The normalized spacial score (nSPS) is 29.2. The summed E-state index contributed by atoms with van der Waals surface area (Å²) in [5.41, 5.74) is 0. The van der Waals surface area contributed by atoms with Gasteiger partial charge in [0, 0.05) is 0 Å². The Morgan fingerprint density at radius 3 is 2.71 bits per heavy atom. The van der Waals surface area contributed by atoms with Crippen LogP contribution in [0.3, 0.4) is 0 Å². The number of carboxylic acid groups (broad SMARTS) is 1. The summed E-state index contributed by atoms with van der Waals surface area (Å²) in [5.74, 6) is -0.776. The van der Waals surface area contributed by atoms with Gasteiger partial charge in [-0.2, -0.15) is 0 Å². The van der Waals surface area contributed by atoms with Gasteiger partial charge in [-0.05, 0) is 0 Å². The Balaban J connectivity index is 2.79. The van der Waals surface area contributed by atoms with Crippen LogP contribution in [0.2, 0.25) is 7.85 Å². The molecule has 4 nitrogen and oxygen atoms in total. The van der Waals surface area contributed by atoms with Crippen LogP contribution in [0.15, 0.2) is 0 Å². The van der Waals surface area contributed by atoms with Gasteiger partial charge >= 0.3 is 91.5 Å². The monoisotopic (exact) mass is 304 g/mol. The molecular formula is C9H17InO4. The Bertz CT molecular complexity index is 221. The SMILES string of the molecule is CC[CH](C(=O)O)[In]1[CH2]CC[C]1(O)CO. The first-order chi connectivity index (χ1) is 6.55. The Kier molecular flexibility index (Phi) is 4.28. The van der Waals surface area contributed by atoms with Gasteiger partial charge in [0.2, 0.25) is 0 Å². The average molecular weight is 304 g/mol. The molecule has 1 heterocycles. The molecule has 80 valence electrons. The third-order valence-electron chi connectivity index (χ3n) is 3.33. The van der Waals surface area contributed by atoms with Crippen LogP contribution >= 0.6 is 0 Å². The molecule has 2 atom stereocenters. The summed E-state index contributed by atoms with van der Waals surface area (Å²) in [6.45, 7) is 1.61. The van der Waals surface area contributed by atoms with Crippen molar-refractivity contribution in [2.45, 2.75) is 37.4 Å². The summed E-state index contributed by atoms with van der Waals surface area (Å²) >= 11 is -2.54. The molecule has 2 unspecified atom stereocenters. The van der Waals surface area contributed by atoms with E-state index in [0.29, 0.717) is 12.8 Å². The van der Waals surface area contributed by atoms with Crippen molar-refractivity contribution >= 4 is 27.4 Å². The van der Waals surface area contributed by atoms with Gasteiger partial charge in [-0.15, -0.1) is 0 Å². The number of aliphatic hydroxyl groups excluding tert-OH is 1. The molecule has 3 N–H and O–H groups in total. The van der Waals surface area contributed by atoms with E-state index in [0.717, 1.165) is 10.6 Å². The first kappa shape index (κ1) is 12.3. The Labute approximate surface area is 91.5 Å². The van der Waals surface area contributed by atoms with E-state index in [1.165, 1.54) is 0 Å². The van der Waals surface area contributed by atoms with Gasteiger partial charge in [0.25, 0.3) is 0 Å². The first-order valence-corrected chi connectivity index (χ1v) is 11.0. The quantitative estimate of drug-likeness (QED) is 0.703. The molecule has 1 saturated heterocycles. The van der Waals surface area contributed by atoms with Crippen molar-refractivity contribution in [2.75, 3.05) is 6.61 Å². The van der Waals surface area contributed by atoms with Crippen LogP contribution in [0.4, 0.5) is 0 Å². The van der Waals surface area contributed by atoms with E-state index in [2.05, 4.69) is 0 Å². The molecule has 0 saturated carbocycles. The van der Waals surface area contributed by atoms with E-state index in [4.69, 9.17) is 10.2 Å². The molecule has 14 heavy (non-hydrogen) atoms. The van der Waals surface area contributed by atoms with E-state index < -0.39 is 30.8 Å². The molecule has 1 fully saturated rings. The van der Waals surface area contributed by atoms with Gasteiger partial charge < -0.3 is 0 Å². The second-order valence-electron chi connectivity index (χ2n) is 4.11. The van der Waals surface area contributed by atoms with E-state index in [1.807, 2.05) is 6.92 Å². The molecule has 0 aromatic carbocycles. The predicted octanol–water partition coefficient (Wildman–Crippen LogP) is 0.402. The number of carbonyl (C=O) groups is 1. The standard InChI is InChI=1S/C5H10O2.C4H7O2.In/c1-2-3-5(7)4-6;1-2-3-4(5)6;/h6-7H,1-4H2;3H,2H2,1H3,(H,5,6);. The first-order valence-electron chi connectivity index (χ1n) is 5.11. The van der Waals surface area contributed by atoms with Crippen LogP contribution in [0.5, 0.6) is 0 Å². The van der Waals surface area contributed by atoms with Crippen molar-refractivity contribution < 1.29 is 20.1 Å². The number of rotatable bonds is 4. The van der Waals surface area contributed by atoms with Gasteiger partial charge in [0.1, 0.15) is 0 Å². The fraction of sp³-hybridized carbons (Fsp3) is 0.889. The molecule has 0 aromatic heterocycles. The third kappa shape index (κ3) is 2.25. The van der Waals surface area contributed by atoms with E-state index in [9.17, 15) is 9.90 Å². The summed E-state index contributed by atoms with van der Waals surface area (Å²) in [5, 5.41) is 28.2. The third-order valence-corrected chi connectivity index (χ3v) is 16.5. The van der Waals surface area contributed by atoms with Crippen LogP contribution in [0.1, 0.15) is 26.2 Å². The van der Waals surface area contributed by atoms with Crippen LogP contribution in [0, 0.1) is 0 Å². The number of hydrogen-bond donors (Lipinski definition) is 3.